The number of carboxylic acids is 1. The number of carboxylic acid groups (broad SMARTS) is 1. The van der Waals surface area contributed by atoms with E-state index in [2.05, 4.69) is 0 Å². The van der Waals surface area contributed by atoms with Crippen molar-refractivity contribution in [1.29, 1.82) is 0 Å². The summed E-state index contributed by atoms with van der Waals surface area (Å²) in [6.07, 6.45) is 1.16. The topological polar surface area (TPSA) is 57.6 Å². The van der Waals surface area contributed by atoms with Gasteiger partial charge in [-0.2, -0.15) is 0 Å². The first-order chi connectivity index (χ1) is 5.20. The van der Waals surface area contributed by atoms with Crippen LogP contribution in [0.25, 0.3) is 0 Å². The lowest BCUT2D eigenvalue weighted by Gasteiger charge is -2.30. The average molecular weight is 157 g/mol. The SMILES string of the molecule is O=C(O)CCC(=O)N1CCC1. The first kappa shape index (κ1) is 8.04. The van der Waals surface area contributed by atoms with E-state index in [0.29, 0.717) is 0 Å². The van der Waals surface area contributed by atoms with Crippen molar-refractivity contribution < 1.29 is 14.7 Å². The van der Waals surface area contributed by atoms with Crippen LogP contribution < -0.4 is 0 Å². The normalized spacial score (nSPS) is 15.8. The van der Waals surface area contributed by atoms with Crippen LogP contribution in [-0.4, -0.2) is 35.0 Å². The van der Waals surface area contributed by atoms with Crippen LogP contribution in [-0.2, 0) is 9.59 Å². The van der Waals surface area contributed by atoms with E-state index >= 15 is 0 Å². The van der Waals surface area contributed by atoms with E-state index in [1.165, 1.54) is 0 Å². The molecule has 1 rings (SSSR count). The molecule has 0 aromatic rings. The molecule has 1 saturated heterocycles. The molecule has 1 aliphatic rings. The molecule has 1 heterocycles. The summed E-state index contributed by atoms with van der Waals surface area (Å²) >= 11 is 0. The lowest BCUT2D eigenvalue weighted by molar-refractivity contribution is -0.142. The van der Waals surface area contributed by atoms with Gasteiger partial charge >= 0.3 is 5.97 Å². The Hall–Kier alpha value is -1.06. The van der Waals surface area contributed by atoms with Crippen LogP contribution in [0.2, 0.25) is 0 Å². The number of carbonyl (C=O) groups excluding carboxylic acids is 1. The van der Waals surface area contributed by atoms with Crippen LogP contribution in [0.15, 0.2) is 0 Å². The van der Waals surface area contributed by atoms with Gasteiger partial charge < -0.3 is 10.0 Å². The largest absolute Gasteiger partial charge is 0.481 e. The molecule has 0 aromatic heterocycles. The van der Waals surface area contributed by atoms with Crippen LogP contribution in [0.3, 0.4) is 0 Å². The number of aliphatic carboxylic acids is 1. The highest BCUT2D eigenvalue weighted by Crippen LogP contribution is 2.08. The molecule has 0 bridgehead atoms. The highest BCUT2D eigenvalue weighted by atomic mass is 16.4. The summed E-state index contributed by atoms with van der Waals surface area (Å²) < 4.78 is 0. The second kappa shape index (κ2) is 3.37. The van der Waals surface area contributed by atoms with Gasteiger partial charge in [-0.3, -0.25) is 9.59 Å². The van der Waals surface area contributed by atoms with Gasteiger partial charge in [0.2, 0.25) is 5.91 Å². The fraction of sp³-hybridized carbons (Fsp3) is 0.714. The van der Waals surface area contributed by atoms with Gasteiger partial charge in [-0.25, -0.2) is 0 Å². The van der Waals surface area contributed by atoms with Crippen molar-refractivity contribution >= 4 is 11.9 Å². The van der Waals surface area contributed by atoms with E-state index in [0.717, 1.165) is 19.5 Å². The quantitative estimate of drug-likeness (QED) is 0.631. The van der Waals surface area contributed by atoms with Gasteiger partial charge in [-0.15, -0.1) is 0 Å². The zero-order chi connectivity index (χ0) is 8.27. The van der Waals surface area contributed by atoms with E-state index in [9.17, 15) is 9.59 Å². The Bertz CT molecular complexity index is 175. The maximum absolute atomic E-state index is 11.0. The van der Waals surface area contributed by atoms with Gasteiger partial charge in [0.25, 0.3) is 0 Å². The van der Waals surface area contributed by atoms with Crippen LogP contribution >= 0.6 is 0 Å². The standard InChI is InChI=1S/C7H11NO3/c9-6(2-3-7(10)11)8-4-1-5-8/h1-5H2,(H,10,11). The monoisotopic (exact) mass is 157 g/mol. The van der Waals surface area contributed by atoms with Gasteiger partial charge in [0.1, 0.15) is 0 Å². The molecule has 0 aliphatic carbocycles. The Labute approximate surface area is 64.8 Å². The summed E-state index contributed by atoms with van der Waals surface area (Å²) in [6.45, 7) is 1.61. The van der Waals surface area contributed by atoms with Crippen molar-refractivity contribution in [3.05, 3.63) is 0 Å². The smallest absolute Gasteiger partial charge is 0.303 e. The third-order valence-electron chi connectivity index (χ3n) is 1.76. The summed E-state index contributed by atoms with van der Waals surface area (Å²) in [6, 6.07) is 0. The Morgan fingerprint density at radius 1 is 1.27 bits per heavy atom. The van der Waals surface area contributed by atoms with Gasteiger partial charge in [0, 0.05) is 19.5 Å². The van der Waals surface area contributed by atoms with E-state index in [1.807, 2.05) is 0 Å². The zero-order valence-corrected chi connectivity index (χ0v) is 6.25. The van der Waals surface area contributed by atoms with Crippen molar-refractivity contribution in [1.82, 2.24) is 4.90 Å². The summed E-state index contributed by atoms with van der Waals surface area (Å²) in [7, 11) is 0. The molecule has 0 atom stereocenters. The molecule has 11 heavy (non-hydrogen) atoms. The summed E-state index contributed by atoms with van der Waals surface area (Å²) in [5, 5.41) is 8.26. The number of hydrogen-bond acceptors (Lipinski definition) is 2. The lowest BCUT2D eigenvalue weighted by Crippen LogP contribution is -2.42. The molecule has 1 N–H and O–H groups in total. The summed E-state index contributed by atoms with van der Waals surface area (Å²) in [5.74, 6) is -0.933. The molecule has 1 amide bonds. The lowest BCUT2D eigenvalue weighted by atomic mass is 10.2. The van der Waals surface area contributed by atoms with Crippen molar-refractivity contribution in [3.8, 4) is 0 Å². The van der Waals surface area contributed by atoms with Crippen molar-refractivity contribution in [2.45, 2.75) is 19.3 Å². The van der Waals surface area contributed by atoms with Crippen molar-refractivity contribution in [2.75, 3.05) is 13.1 Å². The van der Waals surface area contributed by atoms with Gasteiger partial charge in [0.05, 0.1) is 6.42 Å². The minimum atomic E-state index is -0.904. The first-order valence-corrected chi connectivity index (χ1v) is 3.70. The van der Waals surface area contributed by atoms with Crippen molar-refractivity contribution in [3.63, 3.8) is 0 Å². The molecule has 4 nitrogen and oxygen atoms in total. The molecule has 0 unspecified atom stereocenters. The molecule has 0 radical (unpaired) electrons. The predicted octanol–water partition coefficient (Wildman–Crippen LogP) is 0.0835. The highest BCUT2D eigenvalue weighted by molar-refractivity contribution is 5.81. The van der Waals surface area contributed by atoms with E-state index in [1.54, 1.807) is 4.90 Å². The second-order valence-electron chi connectivity index (χ2n) is 2.63. The predicted molar refractivity (Wildman–Crippen MR) is 38.1 cm³/mol. The molecule has 0 aromatic carbocycles. The molecule has 0 spiro atoms. The molecular weight excluding hydrogens is 146 g/mol. The molecule has 0 saturated carbocycles. The van der Waals surface area contributed by atoms with E-state index in [-0.39, 0.29) is 18.7 Å². The van der Waals surface area contributed by atoms with Crippen LogP contribution in [0.5, 0.6) is 0 Å². The zero-order valence-electron chi connectivity index (χ0n) is 6.25. The number of likely N-dealkylation sites (tertiary alicyclic amines) is 1. The molecule has 4 heteroatoms. The number of amides is 1. The molecular formula is C7H11NO3. The average Bonchev–Trinajstić information content (AvgIpc) is 1.79. The maximum Gasteiger partial charge on any atom is 0.303 e. The van der Waals surface area contributed by atoms with Gasteiger partial charge in [0.15, 0.2) is 0 Å². The number of nitrogens with zero attached hydrogens (tertiary/aromatic N) is 1. The molecule has 1 fully saturated rings. The minimum absolute atomic E-state index is 0.0290. The van der Waals surface area contributed by atoms with Crippen LogP contribution in [0.1, 0.15) is 19.3 Å². The van der Waals surface area contributed by atoms with Crippen molar-refractivity contribution in [2.24, 2.45) is 0 Å². The van der Waals surface area contributed by atoms with Crippen LogP contribution in [0, 0.1) is 0 Å². The van der Waals surface area contributed by atoms with Gasteiger partial charge in [-0.1, -0.05) is 0 Å². The Morgan fingerprint density at radius 2 is 1.91 bits per heavy atom. The first-order valence-electron chi connectivity index (χ1n) is 3.70. The van der Waals surface area contributed by atoms with E-state index < -0.39 is 5.97 Å². The Kier molecular flexibility index (Phi) is 2.46. The number of carbonyl (C=O) groups is 2. The maximum atomic E-state index is 11.0. The summed E-state index contributed by atoms with van der Waals surface area (Å²) in [4.78, 5) is 22.7. The minimum Gasteiger partial charge on any atom is -0.481 e. The number of rotatable bonds is 3. The third-order valence-corrected chi connectivity index (χ3v) is 1.76. The number of hydrogen-bond donors (Lipinski definition) is 1. The summed E-state index contributed by atoms with van der Waals surface area (Å²) in [5.41, 5.74) is 0. The van der Waals surface area contributed by atoms with E-state index in [4.69, 9.17) is 5.11 Å². The third kappa shape index (κ3) is 2.22. The fourth-order valence-electron chi connectivity index (χ4n) is 0.938. The molecule has 1 aliphatic heterocycles. The second-order valence-corrected chi connectivity index (χ2v) is 2.63. The Morgan fingerprint density at radius 3 is 2.27 bits per heavy atom. The fourth-order valence-corrected chi connectivity index (χ4v) is 0.938. The molecule has 62 valence electrons. The highest BCUT2D eigenvalue weighted by Gasteiger charge is 2.19. The Balaban J connectivity index is 2.15. The van der Waals surface area contributed by atoms with Gasteiger partial charge in [-0.05, 0) is 6.42 Å². The van der Waals surface area contributed by atoms with Crippen LogP contribution in [0.4, 0.5) is 0 Å².